The Balaban J connectivity index is 2.60. The Labute approximate surface area is 55.9 Å². The van der Waals surface area contributed by atoms with Crippen LogP contribution in [-0.4, -0.2) is 26.2 Å². The summed E-state index contributed by atoms with van der Waals surface area (Å²) in [5.41, 5.74) is 16.4. The molecule has 0 rings (SSSR count). The molecule has 0 bridgehead atoms. The fourth-order valence-electron chi connectivity index (χ4n) is 0.439. The fraction of sp³-hybridized carbons (Fsp3) is 1.00. The quantitative estimate of drug-likeness (QED) is 0.259. The van der Waals surface area contributed by atoms with Gasteiger partial charge < -0.3 is 11.5 Å². The van der Waals surface area contributed by atoms with E-state index in [1.807, 2.05) is 0 Å². The molecule has 0 heterocycles. The van der Waals surface area contributed by atoms with Crippen LogP contribution < -0.4 is 22.3 Å². The van der Waals surface area contributed by atoms with Crippen molar-refractivity contribution in [2.45, 2.75) is 6.42 Å². The first-order chi connectivity index (χ1) is 4.41. The number of nitrogens with one attached hydrogen (secondary N) is 2. The molecular formula is C5H16N4. The fourth-order valence-corrected chi connectivity index (χ4v) is 0.439. The van der Waals surface area contributed by atoms with Gasteiger partial charge in [-0.15, -0.1) is 0 Å². The maximum Gasteiger partial charge on any atom is 0.0223 e. The first kappa shape index (κ1) is 8.84. The van der Waals surface area contributed by atoms with Gasteiger partial charge in [0, 0.05) is 19.6 Å². The van der Waals surface area contributed by atoms with Gasteiger partial charge >= 0.3 is 0 Å². The van der Waals surface area contributed by atoms with Gasteiger partial charge in [0.15, 0.2) is 0 Å². The highest BCUT2D eigenvalue weighted by Crippen LogP contribution is 1.64. The average molecular weight is 132 g/mol. The van der Waals surface area contributed by atoms with Crippen molar-refractivity contribution >= 4 is 0 Å². The molecule has 0 aromatic carbocycles. The molecule has 4 heteroatoms. The smallest absolute Gasteiger partial charge is 0.0223 e. The largest absolute Gasteiger partial charge is 0.330 e. The van der Waals surface area contributed by atoms with Crippen LogP contribution >= 0.6 is 0 Å². The van der Waals surface area contributed by atoms with Gasteiger partial charge in [-0.2, -0.15) is 0 Å². The summed E-state index contributed by atoms with van der Waals surface area (Å²) in [5.74, 6) is 0. The third-order valence-electron chi connectivity index (χ3n) is 0.900. The van der Waals surface area contributed by atoms with E-state index >= 15 is 0 Å². The molecule has 56 valence electrons. The zero-order chi connectivity index (χ0) is 6.95. The summed E-state index contributed by atoms with van der Waals surface area (Å²) >= 11 is 0. The maximum absolute atomic E-state index is 5.25. The van der Waals surface area contributed by atoms with Gasteiger partial charge in [-0.25, -0.2) is 0 Å². The lowest BCUT2D eigenvalue weighted by molar-refractivity contribution is 0.529. The molecule has 0 aliphatic rings. The molecule has 0 spiro atoms. The topological polar surface area (TPSA) is 76.1 Å². The highest BCUT2D eigenvalue weighted by Gasteiger charge is 1.81. The zero-order valence-corrected chi connectivity index (χ0v) is 5.69. The van der Waals surface area contributed by atoms with Gasteiger partial charge in [0.25, 0.3) is 0 Å². The SMILES string of the molecule is NCCCNNCCN. The van der Waals surface area contributed by atoms with Crippen molar-refractivity contribution in [2.75, 3.05) is 26.2 Å². The first-order valence-electron chi connectivity index (χ1n) is 3.27. The Morgan fingerprint density at radius 2 is 1.56 bits per heavy atom. The Hall–Kier alpha value is -0.160. The second kappa shape index (κ2) is 7.84. The van der Waals surface area contributed by atoms with Crippen LogP contribution in [0.15, 0.2) is 0 Å². The van der Waals surface area contributed by atoms with Gasteiger partial charge in [-0.1, -0.05) is 0 Å². The lowest BCUT2D eigenvalue weighted by Gasteiger charge is -2.02. The molecule has 0 aromatic heterocycles. The van der Waals surface area contributed by atoms with Crippen LogP contribution in [-0.2, 0) is 0 Å². The summed E-state index contributed by atoms with van der Waals surface area (Å²) in [6.07, 6.45) is 0.998. The van der Waals surface area contributed by atoms with Crippen LogP contribution in [0.4, 0.5) is 0 Å². The maximum atomic E-state index is 5.25. The average Bonchev–Trinajstić information content (AvgIpc) is 1.89. The van der Waals surface area contributed by atoms with E-state index in [9.17, 15) is 0 Å². The van der Waals surface area contributed by atoms with Crippen molar-refractivity contribution in [3.05, 3.63) is 0 Å². The summed E-state index contributed by atoms with van der Waals surface area (Å²) in [6, 6.07) is 0. The monoisotopic (exact) mass is 132 g/mol. The third kappa shape index (κ3) is 7.84. The summed E-state index contributed by atoms with van der Waals surface area (Å²) in [6.45, 7) is 3.12. The molecule has 0 saturated carbocycles. The molecule has 0 fully saturated rings. The predicted molar refractivity (Wildman–Crippen MR) is 38.7 cm³/mol. The Bertz CT molecular complexity index is 42.2. The molecule has 0 amide bonds. The van der Waals surface area contributed by atoms with Crippen molar-refractivity contribution in [1.82, 2.24) is 10.9 Å². The molecule has 0 aliphatic heterocycles. The summed E-state index contributed by atoms with van der Waals surface area (Å²) in [7, 11) is 0. The number of nitrogens with two attached hydrogens (primary N) is 2. The molecule has 0 radical (unpaired) electrons. The molecular weight excluding hydrogens is 116 g/mol. The normalized spacial score (nSPS) is 10.0. The Kier molecular flexibility index (Phi) is 7.70. The zero-order valence-electron chi connectivity index (χ0n) is 5.69. The molecule has 0 saturated heterocycles. The molecule has 4 nitrogen and oxygen atoms in total. The van der Waals surface area contributed by atoms with Crippen LogP contribution in [0.2, 0.25) is 0 Å². The van der Waals surface area contributed by atoms with E-state index < -0.39 is 0 Å². The minimum absolute atomic E-state index is 0.662. The van der Waals surface area contributed by atoms with E-state index in [2.05, 4.69) is 10.9 Å². The first-order valence-corrected chi connectivity index (χ1v) is 3.27. The Morgan fingerprint density at radius 1 is 0.889 bits per heavy atom. The van der Waals surface area contributed by atoms with Crippen LogP contribution in [0, 0.1) is 0 Å². The second-order valence-electron chi connectivity index (χ2n) is 1.78. The van der Waals surface area contributed by atoms with E-state index in [1.165, 1.54) is 0 Å². The summed E-state index contributed by atoms with van der Waals surface area (Å²) in [4.78, 5) is 0. The van der Waals surface area contributed by atoms with Crippen LogP contribution in [0.1, 0.15) is 6.42 Å². The molecule has 0 aliphatic carbocycles. The van der Waals surface area contributed by atoms with E-state index in [4.69, 9.17) is 11.5 Å². The van der Waals surface area contributed by atoms with E-state index in [-0.39, 0.29) is 0 Å². The minimum Gasteiger partial charge on any atom is -0.330 e. The van der Waals surface area contributed by atoms with Crippen molar-refractivity contribution in [2.24, 2.45) is 11.5 Å². The summed E-state index contributed by atoms with van der Waals surface area (Å²) < 4.78 is 0. The van der Waals surface area contributed by atoms with E-state index in [1.54, 1.807) is 0 Å². The van der Waals surface area contributed by atoms with Crippen LogP contribution in [0.25, 0.3) is 0 Å². The van der Waals surface area contributed by atoms with Crippen molar-refractivity contribution in [3.8, 4) is 0 Å². The van der Waals surface area contributed by atoms with Gasteiger partial charge in [-0.3, -0.25) is 10.9 Å². The van der Waals surface area contributed by atoms with Gasteiger partial charge in [-0.05, 0) is 13.0 Å². The van der Waals surface area contributed by atoms with Crippen molar-refractivity contribution in [3.63, 3.8) is 0 Å². The molecule has 0 aromatic rings. The summed E-state index contributed by atoms with van der Waals surface area (Å²) in [5, 5.41) is 0. The van der Waals surface area contributed by atoms with Gasteiger partial charge in [0.2, 0.25) is 0 Å². The lowest BCUT2D eigenvalue weighted by atomic mass is 10.4. The second-order valence-corrected chi connectivity index (χ2v) is 1.78. The third-order valence-corrected chi connectivity index (χ3v) is 0.900. The molecule has 0 unspecified atom stereocenters. The van der Waals surface area contributed by atoms with Crippen molar-refractivity contribution < 1.29 is 0 Å². The van der Waals surface area contributed by atoms with E-state index in [0.29, 0.717) is 6.54 Å². The number of hydrazine groups is 1. The minimum atomic E-state index is 0.662. The predicted octanol–water partition coefficient (Wildman–Crippen LogP) is -1.61. The standard InChI is InChI=1S/C5H16N4/c6-2-1-4-8-9-5-3-7/h8-9H,1-7H2. The van der Waals surface area contributed by atoms with Gasteiger partial charge in [0.1, 0.15) is 0 Å². The van der Waals surface area contributed by atoms with Crippen LogP contribution in [0.5, 0.6) is 0 Å². The van der Waals surface area contributed by atoms with E-state index in [0.717, 1.165) is 26.1 Å². The number of rotatable bonds is 6. The Morgan fingerprint density at radius 3 is 2.11 bits per heavy atom. The van der Waals surface area contributed by atoms with Crippen LogP contribution in [0.3, 0.4) is 0 Å². The molecule has 9 heavy (non-hydrogen) atoms. The highest BCUT2D eigenvalue weighted by molar-refractivity contribution is 4.43. The number of hydrogen-bond donors (Lipinski definition) is 4. The number of hydrogen-bond acceptors (Lipinski definition) is 4. The molecule has 0 atom stereocenters. The lowest BCUT2D eigenvalue weighted by Crippen LogP contribution is -2.36. The van der Waals surface area contributed by atoms with Gasteiger partial charge in [0.05, 0.1) is 0 Å². The van der Waals surface area contributed by atoms with Crippen molar-refractivity contribution in [1.29, 1.82) is 0 Å². The molecule has 6 N–H and O–H groups in total. The highest BCUT2D eigenvalue weighted by atomic mass is 15.3.